The van der Waals surface area contributed by atoms with Gasteiger partial charge in [-0.25, -0.2) is 4.79 Å². The number of carbonyl (C=O) groups excluding carboxylic acids is 1. The zero-order chi connectivity index (χ0) is 14.5. The van der Waals surface area contributed by atoms with Crippen LogP contribution in [0.3, 0.4) is 0 Å². The molecular weight excluding hydrogens is 262 g/mol. The molecule has 7 nitrogen and oxygen atoms in total. The lowest BCUT2D eigenvalue weighted by molar-refractivity contribution is -0.137. The van der Waals surface area contributed by atoms with Gasteiger partial charge in [0.25, 0.3) is 0 Å². The van der Waals surface area contributed by atoms with E-state index in [2.05, 4.69) is 10.2 Å². The Morgan fingerprint density at radius 1 is 1.45 bits per heavy atom. The van der Waals surface area contributed by atoms with Gasteiger partial charge in [0.05, 0.1) is 19.1 Å². The molecular formula is C13H23N3O4. The van der Waals surface area contributed by atoms with Crippen molar-refractivity contribution in [3.63, 3.8) is 0 Å². The molecule has 1 atom stereocenters. The number of urea groups is 1. The van der Waals surface area contributed by atoms with Crippen molar-refractivity contribution in [2.24, 2.45) is 0 Å². The van der Waals surface area contributed by atoms with Crippen LogP contribution in [-0.4, -0.2) is 78.9 Å². The molecule has 1 saturated carbocycles. The van der Waals surface area contributed by atoms with Gasteiger partial charge in [-0.3, -0.25) is 4.79 Å². The SMILES string of the molecule is CN1CCOC(CNC(=O)N(CCC(=O)O)C2CC2)C1. The fourth-order valence-corrected chi connectivity index (χ4v) is 2.35. The summed E-state index contributed by atoms with van der Waals surface area (Å²) in [6.07, 6.45) is 1.94. The second kappa shape index (κ2) is 6.90. The van der Waals surface area contributed by atoms with Crippen molar-refractivity contribution < 1.29 is 19.4 Å². The number of morpholine rings is 1. The smallest absolute Gasteiger partial charge is 0.317 e. The number of likely N-dealkylation sites (N-methyl/N-ethyl adjacent to an activating group) is 1. The Hall–Kier alpha value is -1.34. The van der Waals surface area contributed by atoms with Gasteiger partial charge in [0.1, 0.15) is 0 Å². The van der Waals surface area contributed by atoms with E-state index in [-0.39, 0.29) is 31.1 Å². The van der Waals surface area contributed by atoms with Crippen LogP contribution in [0.15, 0.2) is 0 Å². The second-order valence-corrected chi connectivity index (χ2v) is 5.51. The number of carboxylic acids is 1. The zero-order valence-corrected chi connectivity index (χ0v) is 11.9. The molecule has 0 spiro atoms. The Kier molecular flexibility index (Phi) is 5.19. The Bertz CT molecular complexity index is 360. The third kappa shape index (κ3) is 4.64. The van der Waals surface area contributed by atoms with Crippen LogP contribution in [0.4, 0.5) is 4.79 Å². The van der Waals surface area contributed by atoms with Crippen LogP contribution in [0, 0.1) is 0 Å². The zero-order valence-electron chi connectivity index (χ0n) is 11.9. The first-order chi connectivity index (χ1) is 9.56. The van der Waals surface area contributed by atoms with Crippen LogP contribution in [0.25, 0.3) is 0 Å². The van der Waals surface area contributed by atoms with Crippen molar-refractivity contribution in [1.82, 2.24) is 15.1 Å². The van der Waals surface area contributed by atoms with E-state index in [0.29, 0.717) is 13.2 Å². The first-order valence-electron chi connectivity index (χ1n) is 7.12. The second-order valence-electron chi connectivity index (χ2n) is 5.51. The summed E-state index contributed by atoms with van der Waals surface area (Å²) in [4.78, 5) is 26.6. The fraction of sp³-hybridized carbons (Fsp3) is 0.846. The Morgan fingerprint density at radius 3 is 2.80 bits per heavy atom. The van der Waals surface area contributed by atoms with Crippen LogP contribution >= 0.6 is 0 Å². The maximum Gasteiger partial charge on any atom is 0.317 e. The minimum atomic E-state index is -0.874. The summed E-state index contributed by atoms with van der Waals surface area (Å²) in [7, 11) is 2.03. The van der Waals surface area contributed by atoms with Crippen molar-refractivity contribution >= 4 is 12.0 Å². The monoisotopic (exact) mass is 285 g/mol. The molecule has 114 valence electrons. The maximum atomic E-state index is 12.1. The largest absolute Gasteiger partial charge is 0.481 e. The molecule has 1 heterocycles. The summed E-state index contributed by atoms with van der Waals surface area (Å²) < 4.78 is 5.58. The number of nitrogens with one attached hydrogen (secondary N) is 1. The van der Waals surface area contributed by atoms with Gasteiger partial charge in [-0.15, -0.1) is 0 Å². The van der Waals surface area contributed by atoms with Gasteiger partial charge in [0, 0.05) is 32.2 Å². The molecule has 2 fully saturated rings. The summed E-state index contributed by atoms with van der Waals surface area (Å²) in [5.74, 6) is -0.874. The molecule has 20 heavy (non-hydrogen) atoms. The number of hydrogen-bond donors (Lipinski definition) is 2. The van der Waals surface area contributed by atoms with E-state index in [1.165, 1.54) is 0 Å². The normalized spacial score (nSPS) is 23.4. The lowest BCUT2D eigenvalue weighted by Crippen LogP contribution is -2.49. The molecule has 2 aliphatic rings. The number of rotatable bonds is 6. The molecule has 0 radical (unpaired) electrons. The number of carboxylic acid groups (broad SMARTS) is 1. The standard InChI is InChI=1S/C13H23N3O4/c1-15-6-7-20-11(9-15)8-14-13(19)16(10-2-3-10)5-4-12(17)18/h10-11H,2-9H2,1H3,(H,14,19)(H,17,18). The van der Waals surface area contributed by atoms with Gasteiger partial charge in [-0.1, -0.05) is 0 Å². The Morgan fingerprint density at radius 2 is 2.20 bits per heavy atom. The molecule has 2 N–H and O–H groups in total. The highest BCUT2D eigenvalue weighted by Crippen LogP contribution is 2.26. The molecule has 1 saturated heterocycles. The number of carbonyl (C=O) groups is 2. The van der Waals surface area contributed by atoms with E-state index in [0.717, 1.165) is 25.9 Å². The molecule has 0 aromatic heterocycles. The van der Waals surface area contributed by atoms with Crippen molar-refractivity contribution in [3.05, 3.63) is 0 Å². The van der Waals surface area contributed by atoms with E-state index in [4.69, 9.17) is 9.84 Å². The van der Waals surface area contributed by atoms with Gasteiger partial charge in [0.15, 0.2) is 0 Å². The number of amides is 2. The third-order valence-electron chi connectivity index (χ3n) is 3.64. The number of ether oxygens (including phenoxy) is 1. The Balaban J connectivity index is 1.74. The lowest BCUT2D eigenvalue weighted by atomic mass is 10.3. The van der Waals surface area contributed by atoms with Crippen LogP contribution in [0.2, 0.25) is 0 Å². The van der Waals surface area contributed by atoms with Crippen molar-refractivity contribution in [2.75, 3.05) is 39.8 Å². The fourth-order valence-electron chi connectivity index (χ4n) is 2.35. The van der Waals surface area contributed by atoms with Crippen molar-refractivity contribution in [2.45, 2.75) is 31.4 Å². The molecule has 2 amide bonds. The van der Waals surface area contributed by atoms with E-state index >= 15 is 0 Å². The van der Waals surface area contributed by atoms with Crippen molar-refractivity contribution in [3.8, 4) is 0 Å². The average molecular weight is 285 g/mol. The number of aliphatic carboxylic acids is 1. The van der Waals surface area contributed by atoms with Gasteiger partial charge in [0.2, 0.25) is 0 Å². The molecule has 1 unspecified atom stereocenters. The molecule has 7 heteroatoms. The third-order valence-corrected chi connectivity index (χ3v) is 3.64. The first-order valence-corrected chi connectivity index (χ1v) is 7.12. The van der Waals surface area contributed by atoms with Gasteiger partial charge < -0.3 is 25.0 Å². The molecule has 2 rings (SSSR count). The summed E-state index contributed by atoms with van der Waals surface area (Å²) in [5.41, 5.74) is 0. The first kappa shape index (κ1) is 15.1. The molecule has 1 aliphatic carbocycles. The summed E-state index contributed by atoms with van der Waals surface area (Å²) in [6, 6.07) is 0.0369. The highest BCUT2D eigenvalue weighted by atomic mass is 16.5. The van der Waals surface area contributed by atoms with Gasteiger partial charge >= 0.3 is 12.0 Å². The molecule has 0 aromatic rings. The van der Waals surface area contributed by atoms with E-state index < -0.39 is 5.97 Å². The summed E-state index contributed by atoms with van der Waals surface area (Å²) >= 11 is 0. The van der Waals surface area contributed by atoms with Crippen LogP contribution in [0.5, 0.6) is 0 Å². The van der Waals surface area contributed by atoms with E-state index in [1.807, 2.05) is 7.05 Å². The topological polar surface area (TPSA) is 82.1 Å². The maximum absolute atomic E-state index is 12.1. The number of nitrogens with zero attached hydrogens (tertiary/aromatic N) is 2. The minimum Gasteiger partial charge on any atom is -0.481 e. The van der Waals surface area contributed by atoms with Crippen LogP contribution in [0.1, 0.15) is 19.3 Å². The van der Waals surface area contributed by atoms with E-state index in [9.17, 15) is 9.59 Å². The lowest BCUT2D eigenvalue weighted by Gasteiger charge is -2.31. The summed E-state index contributed by atoms with van der Waals surface area (Å²) in [6.45, 7) is 3.15. The van der Waals surface area contributed by atoms with Crippen molar-refractivity contribution in [1.29, 1.82) is 0 Å². The van der Waals surface area contributed by atoms with Crippen LogP contribution in [-0.2, 0) is 9.53 Å². The highest BCUT2D eigenvalue weighted by molar-refractivity contribution is 5.76. The molecule has 0 bridgehead atoms. The molecule has 1 aliphatic heterocycles. The number of hydrogen-bond acceptors (Lipinski definition) is 4. The molecule has 0 aromatic carbocycles. The van der Waals surface area contributed by atoms with Gasteiger partial charge in [-0.05, 0) is 19.9 Å². The van der Waals surface area contributed by atoms with Crippen LogP contribution < -0.4 is 5.32 Å². The predicted molar refractivity (Wildman–Crippen MR) is 72.6 cm³/mol. The Labute approximate surface area is 118 Å². The van der Waals surface area contributed by atoms with E-state index in [1.54, 1.807) is 4.90 Å². The highest BCUT2D eigenvalue weighted by Gasteiger charge is 2.33. The minimum absolute atomic E-state index is 0.00735. The quantitative estimate of drug-likeness (QED) is 0.716. The average Bonchev–Trinajstić information content (AvgIpc) is 3.21. The van der Waals surface area contributed by atoms with Gasteiger partial charge in [-0.2, -0.15) is 0 Å². The summed E-state index contributed by atoms with van der Waals surface area (Å²) in [5, 5.41) is 11.6. The predicted octanol–water partition coefficient (Wildman–Crippen LogP) is -0.0343.